The van der Waals surface area contributed by atoms with Crippen LogP contribution in [-0.4, -0.2) is 25.7 Å². The van der Waals surface area contributed by atoms with Crippen molar-refractivity contribution < 1.29 is 14.3 Å². The number of aryl methyl sites for hydroxylation is 2. The fraction of sp³-hybridized carbons (Fsp3) is 0.375. The normalized spacial score (nSPS) is 11.0. The number of carboxylic acids is 1. The molecule has 74 valence electrons. The van der Waals surface area contributed by atoms with E-state index in [0.717, 1.165) is 11.5 Å². The summed E-state index contributed by atoms with van der Waals surface area (Å²) >= 11 is 0. The highest BCUT2D eigenvalue weighted by molar-refractivity contribution is 5.69. The SMILES string of the molecule is Cc1oc2nnc(CC(=O)O)n2c1C. The minimum Gasteiger partial charge on any atom is -0.481 e. The van der Waals surface area contributed by atoms with E-state index in [-0.39, 0.29) is 6.42 Å². The van der Waals surface area contributed by atoms with Gasteiger partial charge in [0, 0.05) is 0 Å². The Labute approximate surface area is 79.2 Å². The van der Waals surface area contributed by atoms with Crippen molar-refractivity contribution in [2.75, 3.05) is 0 Å². The van der Waals surface area contributed by atoms with Gasteiger partial charge in [0.05, 0.1) is 5.69 Å². The number of hydrogen-bond donors (Lipinski definition) is 1. The molecule has 0 amide bonds. The topological polar surface area (TPSA) is 80.6 Å². The Morgan fingerprint density at radius 1 is 1.50 bits per heavy atom. The van der Waals surface area contributed by atoms with Crippen molar-refractivity contribution >= 4 is 11.8 Å². The zero-order valence-corrected chi connectivity index (χ0v) is 7.81. The van der Waals surface area contributed by atoms with E-state index in [1.807, 2.05) is 6.92 Å². The molecule has 0 aromatic carbocycles. The molecule has 0 fully saturated rings. The number of fused-ring (bicyclic) bond motifs is 1. The lowest BCUT2D eigenvalue weighted by molar-refractivity contribution is -0.136. The van der Waals surface area contributed by atoms with Crippen LogP contribution < -0.4 is 0 Å². The summed E-state index contributed by atoms with van der Waals surface area (Å²) in [5.74, 6) is 0.525. The van der Waals surface area contributed by atoms with Gasteiger partial charge in [-0.2, -0.15) is 0 Å². The lowest BCUT2D eigenvalue weighted by Crippen LogP contribution is -2.05. The van der Waals surface area contributed by atoms with Crippen molar-refractivity contribution in [3.05, 3.63) is 17.3 Å². The summed E-state index contributed by atoms with van der Waals surface area (Å²) in [5, 5.41) is 16.1. The van der Waals surface area contributed by atoms with Crippen LogP contribution in [0.1, 0.15) is 17.3 Å². The maximum Gasteiger partial charge on any atom is 0.326 e. The fourth-order valence-electron chi connectivity index (χ4n) is 1.32. The first-order valence-corrected chi connectivity index (χ1v) is 4.11. The van der Waals surface area contributed by atoms with E-state index in [0.29, 0.717) is 11.7 Å². The number of carboxylic acid groups (broad SMARTS) is 1. The summed E-state index contributed by atoms with van der Waals surface area (Å²) in [6, 6.07) is 0. The molecule has 2 rings (SSSR count). The van der Waals surface area contributed by atoms with Crippen molar-refractivity contribution in [2.45, 2.75) is 20.3 Å². The van der Waals surface area contributed by atoms with Crippen LogP contribution in [0.25, 0.3) is 5.84 Å². The second-order valence-corrected chi connectivity index (χ2v) is 3.05. The molecule has 0 atom stereocenters. The Balaban J connectivity index is 2.60. The molecule has 0 bridgehead atoms. The van der Waals surface area contributed by atoms with Gasteiger partial charge in [-0.3, -0.25) is 4.79 Å². The average molecular weight is 195 g/mol. The summed E-state index contributed by atoms with van der Waals surface area (Å²) in [4.78, 5) is 10.5. The molecule has 14 heavy (non-hydrogen) atoms. The van der Waals surface area contributed by atoms with E-state index in [4.69, 9.17) is 9.52 Å². The van der Waals surface area contributed by atoms with E-state index in [2.05, 4.69) is 10.2 Å². The number of aromatic nitrogens is 3. The Hall–Kier alpha value is -1.85. The van der Waals surface area contributed by atoms with Crippen molar-refractivity contribution in [3.63, 3.8) is 0 Å². The molecule has 0 unspecified atom stereocenters. The van der Waals surface area contributed by atoms with Gasteiger partial charge in [0.1, 0.15) is 12.2 Å². The van der Waals surface area contributed by atoms with Crippen molar-refractivity contribution in [3.8, 4) is 0 Å². The average Bonchev–Trinajstić information content (AvgIpc) is 2.57. The van der Waals surface area contributed by atoms with Gasteiger partial charge in [-0.1, -0.05) is 5.10 Å². The Bertz CT molecular complexity index is 497. The molecular formula is C8H9N3O3. The number of carbonyl (C=O) groups is 1. The van der Waals surface area contributed by atoms with Gasteiger partial charge >= 0.3 is 11.8 Å². The number of aliphatic carboxylic acids is 1. The standard InChI is InChI=1S/C8H9N3O3/c1-4-5(2)14-8-10-9-6(11(4)8)3-7(12)13/h3H2,1-2H3,(H,12,13). The van der Waals surface area contributed by atoms with E-state index >= 15 is 0 Å². The summed E-state index contributed by atoms with van der Waals surface area (Å²) in [5.41, 5.74) is 0.834. The summed E-state index contributed by atoms with van der Waals surface area (Å²) in [6.45, 7) is 3.63. The van der Waals surface area contributed by atoms with Crippen LogP contribution in [0.3, 0.4) is 0 Å². The molecule has 0 saturated carbocycles. The lowest BCUT2D eigenvalue weighted by atomic mass is 10.3. The van der Waals surface area contributed by atoms with Crippen LogP contribution in [0, 0.1) is 13.8 Å². The Kier molecular flexibility index (Phi) is 1.77. The maximum atomic E-state index is 10.5. The third-order valence-electron chi connectivity index (χ3n) is 2.10. The predicted molar refractivity (Wildman–Crippen MR) is 46.1 cm³/mol. The first kappa shape index (κ1) is 8.74. The highest BCUT2D eigenvalue weighted by Gasteiger charge is 2.15. The third-order valence-corrected chi connectivity index (χ3v) is 2.10. The van der Waals surface area contributed by atoms with Gasteiger partial charge in [0.25, 0.3) is 0 Å². The third kappa shape index (κ3) is 1.15. The molecule has 0 spiro atoms. The van der Waals surface area contributed by atoms with Crippen molar-refractivity contribution in [1.82, 2.24) is 14.6 Å². The molecule has 0 aliphatic heterocycles. The van der Waals surface area contributed by atoms with Crippen molar-refractivity contribution in [1.29, 1.82) is 0 Å². The summed E-state index contributed by atoms with van der Waals surface area (Å²) in [6.07, 6.45) is -0.152. The molecule has 2 heterocycles. The molecule has 1 N–H and O–H groups in total. The fourth-order valence-corrected chi connectivity index (χ4v) is 1.32. The number of nitrogens with zero attached hydrogens (tertiary/aromatic N) is 3. The minimum atomic E-state index is -0.933. The lowest BCUT2D eigenvalue weighted by Gasteiger charge is -1.93. The van der Waals surface area contributed by atoms with Crippen LogP contribution in [0.15, 0.2) is 4.42 Å². The van der Waals surface area contributed by atoms with Crippen LogP contribution in [0.4, 0.5) is 0 Å². The highest BCUT2D eigenvalue weighted by Crippen LogP contribution is 2.15. The molecule has 2 aromatic rings. The zero-order valence-electron chi connectivity index (χ0n) is 7.81. The Morgan fingerprint density at radius 2 is 2.21 bits per heavy atom. The van der Waals surface area contributed by atoms with E-state index in [1.165, 1.54) is 0 Å². The number of rotatable bonds is 2. The van der Waals surface area contributed by atoms with E-state index in [1.54, 1.807) is 11.3 Å². The first-order valence-electron chi connectivity index (χ1n) is 4.11. The summed E-state index contributed by atoms with van der Waals surface area (Å²) in [7, 11) is 0. The van der Waals surface area contributed by atoms with Crippen LogP contribution in [0.2, 0.25) is 0 Å². The molecule has 0 aliphatic rings. The number of oxazole rings is 1. The maximum absolute atomic E-state index is 10.5. The van der Waals surface area contributed by atoms with Crippen molar-refractivity contribution in [2.24, 2.45) is 0 Å². The summed E-state index contributed by atoms with van der Waals surface area (Å²) < 4.78 is 6.87. The molecule has 0 saturated heterocycles. The second-order valence-electron chi connectivity index (χ2n) is 3.05. The highest BCUT2D eigenvalue weighted by atomic mass is 16.4. The van der Waals surface area contributed by atoms with Gasteiger partial charge < -0.3 is 9.52 Å². The molecular weight excluding hydrogens is 186 g/mol. The van der Waals surface area contributed by atoms with Crippen LogP contribution in [0.5, 0.6) is 0 Å². The Morgan fingerprint density at radius 3 is 2.86 bits per heavy atom. The van der Waals surface area contributed by atoms with Gasteiger partial charge in [-0.25, -0.2) is 4.40 Å². The van der Waals surface area contributed by atoms with Crippen LogP contribution >= 0.6 is 0 Å². The molecule has 6 heteroatoms. The second kappa shape index (κ2) is 2.83. The molecule has 0 aliphatic carbocycles. The molecule has 0 radical (unpaired) electrons. The monoisotopic (exact) mass is 195 g/mol. The smallest absolute Gasteiger partial charge is 0.326 e. The molecule has 6 nitrogen and oxygen atoms in total. The molecule has 2 aromatic heterocycles. The van der Waals surface area contributed by atoms with Crippen LogP contribution in [-0.2, 0) is 11.2 Å². The predicted octanol–water partition coefficient (Wildman–Crippen LogP) is 0.566. The first-order chi connectivity index (χ1) is 6.59. The minimum absolute atomic E-state index is 0.152. The van der Waals surface area contributed by atoms with E-state index in [9.17, 15) is 4.79 Å². The van der Waals surface area contributed by atoms with Gasteiger partial charge in [-0.15, -0.1) is 5.10 Å². The largest absolute Gasteiger partial charge is 0.481 e. The van der Waals surface area contributed by atoms with E-state index < -0.39 is 5.97 Å². The quantitative estimate of drug-likeness (QED) is 0.757. The van der Waals surface area contributed by atoms with Gasteiger partial charge in [0.2, 0.25) is 0 Å². The zero-order chi connectivity index (χ0) is 10.3. The number of hydrogen-bond acceptors (Lipinski definition) is 4. The van der Waals surface area contributed by atoms with Gasteiger partial charge in [-0.05, 0) is 13.8 Å². The van der Waals surface area contributed by atoms with Gasteiger partial charge in [0.15, 0.2) is 5.82 Å².